The van der Waals surface area contributed by atoms with Gasteiger partial charge in [-0.2, -0.15) is 0 Å². The topological polar surface area (TPSA) is 72.5 Å². The molecule has 0 bridgehead atoms. The van der Waals surface area contributed by atoms with E-state index >= 15 is 0 Å². The second kappa shape index (κ2) is 7.25. The molecule has 0 spiro atoms. The molecule has 19 heavy (non-hydrogen) atoms. The fraction of sp³-hybridized carbons (Fsp3) is 0.462. The number of hydrogen-bond donors (Lipinski definition) is 1. The summed E-state index contributed by atoms with van der Waals surface area (Å²) in [5, 5.41) is 2.69. The van der Waals surface area contributed by atoms with Crippen molar-refractivity contribution in [2.24, 2.45) is 0 Å². The van der Waals surface area contributed by atoms with E-state index in [4.69, 9.17) is 4.74 Å². The molecule has 0 fully saturated rings. The Morgan fingerprint density at radius 3 is 2.63 bits per heavy atom. The number of carbonyl (C=O) groups is 1. The Bertz CT molecular complexity index is 525. The highest BCUT2D eigenvalue weighted by molar-refractivity contribution is 7.91. The quantitative estimate of drug-likeness (QED) is 0.765. The summed E-state index contributed by atoms with van der Waals surface area (Å²) in [6.07, 6.45) is 0.685. The molecule has 0 aliphatic carbocycles. The number of rotatable bonds is 7. The number of benzene rings is 1. The largest absolute Gasteiger partial charge is 0.385 e. The maximum atomic E-state index is 12.0. The Morgan fingerprint density at radius 1 is 1.32 bits per heavy atom. The first-order chi connectivity index (χ1) is 9.03. The van der Waals surface area contributed by atoms with E-state index in [1.807, 2.05) is 0 Å². The van der Waals surface area contributed by atoms with Crippen molar-refractivity contribution in [3.8, 4) is 0 Å². The van der Waals surface area contributed by atoms with Crippen molar-refractivity contribution in [1.82, 2.24) is 5.32 Å². The van der Waals surface area contributed by atoms with Gasteiger partial charge in [0.15, 0.2) is 9.84 Å². The average molecular weight is 285 g/mol. The molecule has 0 aromatic heterocycles. The van der Waals surface area contributed by atoms with Crippen LogP contribution in [0.1, 0.15) is 23.7 Å². The number of hydrogen-bond acceptors (Lipinski definition) is 4. The molecule has 0 saturated carbocycles. The van der Waals surface area contributed by atoms with Crippen LogP contribution in [0.4, 0.5) is 0 Å². The number of amides is 1. The number of nitrogens with one attached hydrogen (secondary N) is 1. The van der Waals surface area contributed by atoms with E-state index in [9.17, 15) is 13.2 Å². The lowest BCUT2D eigenvalue weighted by molar-refractivity contribution is 0.0945. The van der Waals surface area contributed by atoms with Gasteiger partial charge in [-0.05, 0) is 18.6 Å². The maximum Gasteiger partial charge on any atom is 0.252 e. The highest BCUT2D eigenvalue weighted by Crippen LogP contribution is 2.16. The van der Waals surface area contributed by atoms with E-state index in [1.54, 1.807) is 26.2 Å². The Morgan fingerprint density at radius 2 is 2.00 bits per heavy atom. The van der Waals surface area contributed by atoms with Gasteiger partial charge in [0, 0.05) is 20.3 Å². The Balaban J connectivity index is 2.86. The molecule has 1 aromatic carbocycles. The van der Waals surface area contributed by atoms with Crippen LogP contribution in [0.3, 0.4) is 0 Å². The second-order valence-corrected chi connectivity index (χ2v) is 6.25. The third-order valence-electron chi connectivity index (χ3n) is 2.66. The summed E-state index contributed by atoms with van der Waals surface area (Å²) in [6.45, 7) is 2.56. The van der Waals surface area contributed by atoms with Gasteiger partial charge in [-0.1, -0.05) is 19.1 Å². The predicted molar refractivity (Wildman–Crippen MR) is 73.0 cm³/mol. The minimum absolute atomic E-state index is 0.0268. The molecule has 6 heteroatoms. The smallest absolute Gasteiger partial charge is 0.252 e. The summed E-state index contributed by atoms with van der Waals surface area (Å²) < 4.78 is 28.7. The monoisotopic (exact) mass is 285 g/mol. The first kappa shape index (κ1) is 15.7. The molecule has 0 atom stereocenters. The number of sulfone groups is 1. The summed E-state index contributed by atoms with van der Waals surface area (Å²) in [4.78, 5) is 12.1. The maximum absolute atomic E-state index is 12.0. The summed E-state index contributed by atoms with van der Waals surface area (Å²) >= 11 is 0. The van der Waals surface area contributed by atoms with Crippen LogP contribution in [-0.4, -0.2) is 40.3 Å². The van der Waals surface area contributed by atoms with Crippen LogP contribution >= 0.6 is 0 Å². The summed E-state index contributed by atoms with van der Waals surface area (Å²) in [5.41, 5.74) is 0.196. The Hall–Kier alpha value is -1.40. The van der Waals surface area contributed by atoms with Gasteiger partial charge in [0.25, 0.3) is 5.91 Å². The molecule has 1 N–H and O–H groups in total. The lowest BCUT2D eigenvalue weighted by Gasteiger charge is -2.09. The minimum atomic E-state index is -3.39. The van der Waals surface area contributed by atoms with Crippen molar-refractivity contribution >= 4 is 15.7 Å². The SMILES string of the molecule is CCS(=O)(=O)c1ccccc1C(=O)NCCCOC. The third-order valence-corrected chi connectivity index (χ3v) is 4.44. The van der Waals surface area contributed by atoms with Gasteiger partial charge in [0.2, 0.25) is 0 Å². The standard InChI is InChI=1S/C13H19NO4S/c1-3-19(16,17)12-8-5-4-7-11(12)13(15)14-9-6-10-18-2/h4-5,7-8H,3,6,9-10H2,1-2H3,(H,14,15). The van der Waals surface area contributed by atoms with Crippen LogP contribution in [0.25, 0.3) is 0 Å². The van der Waals surface area contributed by atoms with Gasteiger partial charge in [-0.3, -0.25) is 4.79 Å². The van der Waals surface area contributed by atoms with Gasteiger partial charge in [-0.25, -0.2) is 8.42 Å². The fourth-order valence-electron chi connectivity index (χ4n) is 1.59. The molecule has 1 aromatic rings. The van der Waals surface area contributed by atoms with Crippen molar-refractivity contribution in [3.05, 3.63) is 29.8 Å². The normalized spacial score (nSPS) is 11.3. The summed E-state index contributed by atoms with van der Waals surface area (Å²) in [6, 6.07) is 6.25. The van der Waals surface area contributed by atoms with Gasteiger partial charge in [0.1, 0.15) is 0 Å². The van der Waals surface area contributed by atoms with Crippen molar-refractivity contribution in [2.45, 2.75) is 18.2 Å². The Kier molecular flexibility index (Phi) is 5.98. The number of carbonyl (C=O) groups excluding carboxylic acids is 1. The van der Waals surface area contributed by atoms with Crippen molar-refractivity contribution in [2.75, 3.05) is 26.0 Å². The average Bonchev–Trinajstić information content (AvgIpc) is 2.43. The van der Waals surface area contributed by atoms with E-state index in [-0.39, 0.29) is 22.1 Å². The zero-order chi connectivity index (χ0) is 14.3. The highest BCUT2D eigenvalue weighted by atomic mass is 32.2. The molecule has 0 saturated heterocycles. The molecule has 0 aliphatic rings. The molecular weight excluding hydrogens is 266 g/mol. The second-order valence-electron chi connectivity index (χ2n) is 4.00. The van der Waals surface area contributed by atoms with Crippen LogP contribution in [0.2, 0.25) is 0 Å². The molecule has 0 heterocycles. The first-order valence-corrected chi connectivity index (χ1v) is 7.77. The van der Waals surface area contributed by atoms with Crippen LogP contribution in [0, 0.1) is 0 Å². The molecule has 5 nitrogen and oxygen atoms in total. The van der Waals surface area contributed by atoms with E-state index < -0.39 is 9.84 Å². The van der Waals surface area contributed by atoms with Gasteiger partial charge in [0.05, 0.1) is 16.2 Å². The molecular formula is C13H19NO4S. The number of ether oxygens (including phenoxy) is 1. The third kappa shape index (κ3) is 4.33. The first-order valence-electron chi connectivity index (χ1n) is 6.12. The van der Waals surface area contributed by atoms with Crippen molar-refractivity contribution in [1.29, 1.82) is 0 Å². The predicted octanol–water partition coefficient (Wildman–Crippen LogP) is 1.25. The van der Waals surface area contributed by atoms with Crippen LogP contribution in [-0.2, 0) is 14.6 Å². The lowest BCUT2D eigenvalue weighted by atomic mass is 10.2. The lowest BCUT2D eigenvalue weighted by Crippen LogP contribution is -2.27. The Labute approximate surface area is 113 Å². The van der Waals surface area contributed by atoms with E-state index in [0.29, 0.717) is 19.6 Å². The zero-order valence-electron chi connectivity index (χ0n) is 11.2. The van der Waals surface area contributed by atoms with Crippen LogP contribution in [0.15, 0.2) is 29.2 Å². The summed E-state index contributed by atoms with van der Waals surface area (Å²) in [7, 11) is -1.81. The molecule has 0 aliphatic heterocycles. The minimum Gasteiger partial charge on any atom is -0.385 e. The molecule has 106 valence electrons. The highest BCUT2D eigenvalue weighted by Gasteiger charge is 2.19. The van der Waals surface area contributed by atoms with Gasteiger partial charge >= 0.3 is 0 Å². The molecule has 0 radical (unpaired) electrons. The van der Waals surface area contributed by atoms with Crippen LogP contribution < -0.4 is 5.32 Å². The summed E-state index contributed by atoms with van der Waals surface area (Å²) in [5.74, 6) is -0.398. The van der Waals surface area contributed by atoms with Crippen molar-refractivity contribution in [3.63, 3.8) is 0 Å². The molecule has 1 amide bonds. The van der Waals surface area contributed by atoms with Gasteiger partial charge in [-0.15, -0.1) is 0 Å². The molecule has 0 unspecified atom stereocenters. The van der Waals surface area contributed by atoms with E-state index in [0.717, 1.165) is 0 Å². The van der Waals surface area contributed by atoms with E-state index in [2.05, 4.69) is 5.32 Å². The zero-order valence-corrected chi connectivity index (χ0v) is 12.0. The number of methoxy groups -OCH3 is 1. The van der Waals surface area contributed by atoms with Gasteiger partial charge < -0.3 is 10.1 Å². The van der Waals surface area contributed by atoms with Crippen molar-refractivity contribution < 1.29 is 17.9 Å². The fourth-order valence-corrected chi connectivity index (χ4v) is 2.69. The van der Waals surface area contributed by atoms with Crippen LogP contribution in [0.5, 0.6) is 0 Å². The molecule has 1 rings (SSSR count). The van der Waals surface area contributed by atoms with E-state index in [1.165, 1.54) is 12.1 Å².